The van der Waals surface area contributed by atoms with Gasteiger partial charge in [0.15, 0.2) is 0 Å². The Morgan fingerprint density at radius 3 is 2.33 bits per heavy atom. The molecule has 1 aliphatic heterocycles. The Morgan fingerprint density at radius 1 is 0.967 bits per heavy atom. The first-order valence-corrected chi connectivity index (χ1v) is 11.0. The van der Waals surface area contributed by atoms with Gasteiger partial charge in [0.05, 0.1) is 62.1 Å². The van der Waals surface area contributed by atoms with Crippen molar-refractivity contribution in [3.05, 3.63) is 42.0 Å². The van der Waals surface area contributed by atoms with Crippen molar-refractivity contribution in [3.8, 4) is 0 Å². The Kier molecular flexibility index (Phi) is 6.66. The Morgan fingerprint density at radius 2 is 1.67 bits per heavy atom. The van der Waals surface area contributed by atoms with Crippen LogP contribution in [0.2, 0.25) is 0 Å². The van der Waals surface area contributed by atoms with Gasteiger partial charge in [-0.25, -0.2) is 0 Å². The molecule has 1 N–H and O–H groups in total. The van der Waals surface area contributed by atoms with Crippen molar-refractivity contribution in [2.45, 2.75) is 33.9 Å². The van der Waals surface area contributed by atoms with E-state index in [-0.39, 0.29) is 0 Å². The lowest BCUT2D eigenvalue weighted by Gasteiger charge is -2.32. The zero-order valence-electron chi connectivity index (χ0n) is 19.6. The molecule has 0 saturated carbocycles. The highest BCUT2D eigenvalue weighted by atomic mass is 15.4. The summed E-state index contributed by atoms with van der Waals surface area (Å²) in [6.07, 6.45) is 0.348. The van der Waals surface area contributed by atoms with Crippen molar-refractivity contribution < 1.29 is 4.48 Å². The van der Waals surface area contributed by atoms with Crippen molar-refractivity contribution >= 4 is 28.4 Å². The lowest BCUT2D eigenvalue weighted by molar-refractivity contribution is -0.904. The predicted molar refractivity (Wildman–Crippen MR) is 129 cm³/mol. The van der Waals surface area contributed by atoms with Gasteiger partial charge in [-0.3, -0.25) is 0 Å². The number of azo groups is 1. The van der Waals surface area contributed by atoms with E-state index in [1.807, 2.05) is 12.1 Å². The van der Waals surface area contributed by atoms with Crippen molar-refractivity contribution in [2.75, 3.05) is 62.4 Å². The lowest BCUT2D eigenvalue weighted by atomic mass is 10.2. The summed E-state index contributed by atoms with van der Waals surface area (Å²) in [4.78, 5) is 4.54. The summed E-state index contributed by atoms with van der Waals surface area (Å²) < 4.78 is 1.09. The molecule has 6 heteroatoms. The molecule has 0 saturated heterocycles. The molecule has 2 aromatic carbocycles. The molecule has 6 nitrogen and oxygen atoms in total. The highest BCUT2D eigenvalue weighted by molar-refractivity contribution is 5.79. The van der Waals surface area contributed by atoms with Crippen LogP contribution in [0.1, 0.15) is 26.3 Å². The van der Waals surface area contributed by atoms with E-state index >= 15 is 0 Å². The number of nitrogens with one attached hydrogen (secondary N) is 1. The average molecular weight is 410 g/mol. The normalized spacial score (nSPS) is 16.4. The summed E-state index contributed by atoms with van der Waals surface area (Å²) >= 11 is 0. The van der Waals surface area contributed by atoms with Crippen LogP contribution in [0.15, 0.2) is 46.6 Å². The highest BCUT2D eigenvalue weighted by Gasteiger charge is 2.27. The summed E-state index contributed by atoms with van der Waals surface area (Å²) in [6.45, 7) is 13.2. The largest absolute Gasteiger partial charge is 0.379 e. The summed E-state index contributed by atoms with van der Waals surface area (Å²) in [5, 5.41) is 12.6. The molecule has 0 amide bonds. The first kappa shape index (κ1) is 22.1. The molecule has 0 radical (unpaired) electrons. The minimum Gasteiger partial charge on any atom is -0.379 e. The number of likely N-dealkylation sites (N-methyl/N-ethyl adjacent to an activating group) is 1. The maximum Gasteiger partial charge on any atom is 0.0982 e. The Labute approximate surface area is 181 Å². The molecule has 2 aromatic rings. The summed E-state index contributed by atoms with van der Waals surface area (Å²) in [5.41, 5.74) is 6.47. The van der Waals surface area contributed by atoms with Gasteiger partial charge in [0.1, 0.15) is 0 Å². The predicted octanol–water partition coefficient (Wildman–Crippen LogP) is 5.54. The van der Waals surface area contributed by atoms with E-state index < -0.39 is 0 Å². The first-order valence-electron chi connectivity index (χ1n) is 11.0. The third-order valence-electron chi connectivity index (χ3n) is 6.82. The van der Waals surface area contributed by atoms with Gasteiger partial charge in [-0.05, 0) is 69.7 Å². The number of rotatable bonds is 8. The maximum absolute atomic E-state index is 4.51. The smallest absolute Gasteiger partial charge is 0.0982 e. The molecule has 3 rings (SSSR count). The van der Waals surface area contributed by atoms with Gasteiger partial charge in [-0.2, -0.15) is 10.2 Å². The Bertz CT molecular complexity index is 903. The summed E-state index contributed by atoms with van der Waals surface area (Å²) in [5.74, 6) is 0. The Hall–Kier alpha value is -2.60. The molecule has 0 aliphatic carbocycles. The van der Waals surface area contributed by atoms with Crippen LogP contribution < -0.4 is 15.1 Å². The lowest BCUT2D eigenvalue weighted by Crippen LogP contribution is -2.46. The van der Waals surface area contributed by atoms with E-state index in [4.69, 9.17) is 0 Å². The molecule has 1 unspecified atom stereocenters. The van der Waals surface area contributed by atoms with E-state index in [9.17, 15) is 0 Å². The molecule has 0 bridgehead atoms. The van der Waals surface area contributed by atoms with Gasteiger partial charge >= 0.3 is 0 Å². The third kappa shape index (κ3) is 4.59. The fourth-order valence-electron chi connectivity index (χ4n) is 3.82. The van der Waals surface area contributed by atoms with Crippen molar-refractivity contribution in [2.24, 2.45) is 10.2 Å². The molecule has 0 aromatic heterocycles. The summed E-state index contributed by atoms with van der Waals surface area (Å²) in [7, 11) is 6.55. The number of nitrogens with zero attached hydrogens (tertiary/aromatic N) is 5. The second kappa shape index (κ2) is 9.04. The SMILES string of the molecule is CC[N+](C)(CC)CCNc1ccc(N=Nc2ccc3c(c2)N(C)C(C)N3C)c(C)c1. The molecular formula is C24H37N6+. The number of quaternary nitrogens is 1. The number of aryl methyl sites for hydroxylation is 1. The van der Waals surface area contributed by atoms with Crippen molar-refractivity contribution in [1.29, 1.82) is 0 Å². The molecule has 0 fully saturated rings. The van der Waals surface area contributed by atoms with Crippen LogP contribution in [-0.4, -0.2) is 58.0 Å². The number of fused-ring (bicyclic) bond motifs is 1. The van der Waals surface area contributed by atoms with Crippen LogP contribution in [0.4, 0.5) is 28.4 Å². The fraction of sp³-hybridized carbons (Fsp3) is 0.500. The zero-order chi connectivity index (χ0) is 21.9. The van der Waals surface area contributed by atoms with E-state index in [2.05, 4.69) is 98.4 Å². The van der Waals surface area contributed by atoms with E-state index in [0.29, 0.717) is 6.17 Å². The van der Waals surface area contributed by atoms with Gasteiger partial charge in [0.2, 0.25) is 0 Å². The maximum atomic E-state index is 4.51. The minimum absolute atomic E-state index is 0.348. The Balaban J connectivity index is 1.66. The van der Waals surface area contributed by atoms with E-state index in [1.165, 1.54) is 11.4 Å². The van der Waals surface area contributed by atoms with Gasteiger partial charge in [-0.1, -0.05) is 0 Å². The molecular weight excluding hydrogens is 372 g/mol. The number of benzene rings is 2. The molecule has 1 heterocycles. The van der Waals surface area contributed by atoms with Crippen LogP contribution in [0.3, 0.4) is 0 Å². The van der Waals surface area contributed by atoms with Crippen LogP contribution in [-0.2, 0) is 0 Å². The monoisotopic (exact) mass is 409 g/mol. The second-order valence-electron chi connectivity index (χ2n) is 8.63. The average Bonchev–Trinajstić information content (AvgIpc) is 2.96. The van der Waals surface area contributed by atoms with Gasteiger partial charge in [0, 0.05) is 19.8 Å². The van der Waals surface area contributed by atoms with Crippen molar-refractivity contribution in [3.63, 3.8) is 0 Å². The highest BCUT2D eigenvalue weighted by Crippen LogP contribution is 2.40. The molecule has 162 valence electrons. The molecule has 30 heavy (non-hydrogen) atoms. The molecule has 1 aliphatic rings. The van der Waals surface area contributed by atoms with Crippen molar-refractivity contribution in [1.82, 2.24) is 0 Å². The van der Waals surface area contributed by atoms with Crippen LogP contribution >= 0.6 is 0 Å². The zero-order valence-corrected chi connectivity index (χ0v) is 19.6. The van der Waals surface area contributed by atoms with Crippen LogP contribution in [0.5, 0.6) is 0 Å². The minimum atomic E-state index is 0.348. The van der Waals surface area contributed by atoms with Crippen LogP contribution in [0.25, 0.3) is 0 Å². The number of anilines is 3. The molecule has 1 atom stereocenters. The van der Waals surface area contributed by atoms with E-state index in [0.717, 1.165) is 53.3 Å². The fourth-order valence-corrected chi connectivity index (χ4v) is 3.82. The van der Waals surface area contributed by atoms with Crippen LogP contribution in [0, 0.1) is 6.92 Å². The summed E-state index contributed by atoms with van der Waals surface area (Å²) in [6, 6.07) is 12.6. The van der Waals surface area contributed by atoms with Gasteiger partial charge < -0.3 is 19.6 Å². The topological polar surface area (TPSA) is 43.2 Å². The second-order valence-corrected chi connectivity index (χ2v) is 8.63. The first-order chi connectivity index (χ1) is 14.3. The van der Waals surface area contributed by atoms with Gasteiger partial charge in [-0.15, -0.1) is 0 Å². The van der Waals surface area contributed by atoms with E-state index in [1.54, 1.807) is 0 Å². The quantitative estimate of drug-likeness (QED) is 0.460. The molecule has 0 spiro atoms. The number of hydrogen-bond donors (Lipinski definition) is 1. The van der Waals surface area contributed by atoms with Gasteiger partial charge in [0.25, 0.3) is 0 Å². The third-order valence-corrected chi connectivity index (χ3v) is 6.82. The standard InChI is InChI=1S/C24H37N6/c1-8-30(7,9-2)15-14-25-20-10-12-22(18(3)16-20)27-26-21-11-13-23-24(17-21)29(6)19(4)28(23)5/h10-13,16-17,19,25H,8-9,14-15H2,1-7H3/q+1. The number of hydrogen-bond acceptors (Lipinski definition) is 5.